The van der Waals surface area contributed by atoms with Crippen LogP contribution in [0.25, 0.3) is 0 Å². The van der Waals surface area contributed by atoms with E-state index in [1.807, 2.05) is 26.0 Å². The van der Waals surface area contributed by atoms with Crippen LogP contribution in [0.4, 0.5) is 0 Å². The molecule has 35 heavy (non-hydrogen) atoms. The Hall–Kier alpha value is -2.00. The van der Waals surface area contributed by atoms with Crippen molar-refractivity contribution in [3.63, 3.8) is 0 Å². The molecule has 8 unspecified atom stereocenters. The molecule has 3 fully saturated rings. The van der Waals surface area contributed by atoms with Crippen LogP contribution in [0.3, 0.4) is 0 Å². The second kappa shape index (κ2) is 11.4. The molecule has 3 heterocycles. The third-order valence-corrected chi connectivity index (χ3v) is 6.84. The van der Waals surface area contributed by atoms with Gasteiger partial charge in [-0.1, -0.05) is 30.7 Å². The molecule has 1 spiro atoms. The second-order valence-corrected chi connectivity index (χ2v) is 10.6. The van der Waals surface area contributed by atoms with Gasteiger partial charge in [-0.25, -0.2) is 0 Å². The predicted molar refractivity (Wildman–Crippen MR) is 131 cm³/mol. The molecule has 3 rings (SSSR count). The van der Waals surface area contributed by atoms with Crippen LogP contribution in [0.15, 0.2) is 36.0 Å². The Labute approximate surface area is 208 Å². The fourth-order valence-corrected chi connectivity index (χ4v) is 4.97. The number of carbonyl (C=O) groups excluding carboxylic acids is 2. The Morgan fingerprint density at radius 1 is 1.26 bits per heavy atom. The average molecular weight is 492 g/mol. The summed E-state index contributed by atoms with van der Waals surface area (Å²) in [6.07, 6.45) is 11.4. The highest BCUT2D eigenvalue weighted by Gasteiger charge is 2.54. The van der Waals surface area contributed by atoms with Gasteiger partial charge in [0, 0.05) is 25.8 Å². The summed E-state index contributed by atoms with van der Waals surface area (Å²) in [5.74, 6) is -1.49. The fraction of sp³-hybridized carbons (Fsp3) is 0.704. The largest absolute Gasteiger partial charge is 0.459 e. The van der Waals surface area contributed by atoms with E-state index < -0.39 is 11.9 Å². The van der Waals surface area contributed by atoms with Gasteiger partial charge in [0.2, 0.25) is 5.91 Å². The fourth-order valence-electron chi connectivity index (χ4n) is 4.97. The summed E-state index contributed by atoms with van der Waals surface area (Å²) >= 11 is 0. The third kappa shape index (κ3) is 8.56. The molecule has 0 aromatic heterocycles. The van der Waals surface area contributed by atoms with Crippen molar-refractivity contribution in [1.29, 1.82) is 0 Å². The molecule has 0 bridgehead atoms. The van der Waals surface area contributed by atoms with E-state index in [-0.39, 0.29) is 47.7 Å². The summed E-state index contributed by atoms with van der Waals surface area (Å²) < 4.78 is 22.6. The smallest absolute Gasteiger partial charge is 0.303 e. The molecule has 0 saturated carbocycles. The minimum absolute atomic E-state index is 0.0656. The van der Waals surface area contributed by atoms with Crippen molar-refractivity contribution in [3.8, 4) is 0 Å². The SMILES string of the molecule is CC(=O)OC(C)C=CC(=O)NC1CC(C)C(CC=C(C)C=CC2CC3(CO3)CC(C)(O)O2)OC1C. The first kappa shape index (κ1) is 27.6. The maximum absolute atomic E-state index is 12.3. The number of aliphatic hydroxyl groups is 1. The van der Waals surface area contributed by atoms with Crippen LogP contribution in [0, 0.1) is 5.92 Å². The molecule has 3 saturated heterocycles. The zero-order chi connectivity index (χ0) is 25.8. The van der Waals surface area contributed by atoms with Crippen molar-refractivity contribution in [2.75, 3.05) is 6.61 Å². The lowest BCUT2D eigenvalue weighted by atomic mass is 9.88. The van der Waals surface area contributed by atoms with Crippen LogP contribution in [-0.2, 0) is 28.5 Å². The summed E-state index contributed by atoms with van der Waals surface area (Å²) in [6, 6.07) is -0.0828. The molecular weight excluding hydrogens is 450 g/mol. The van der Waals surface area contributed by atoms with Crippen molar-refractivity contribution >= 4 is 11.9 Å². The summed E-state index contributed by atoms with van der Waals surface area (Å²) in [4.78, 5) is 23.3. The molecule has 8 heteroatoms. The van der Waals surface area contributed by atoms with Crippen LogP contribution in [0.1, 0.15) is 67.2 Å². The highest BCUT2D eigenvalue weighted by atomic mass is 16.7. The van der Waals surface area contributed by atoms with E-state index in [1.165, 1.54) is 13.0 Å². The quantitative estimate of drug-likeness (QED) is 0.232. The molecule has 0 aliphatic carbocycles. The van der Waals surface area contributed by atoms with Crippen molar-refractivity contribution < 1.29 is 33.6 Å². The molecule has 0 aromatic carbocycles. The number of epoxide rings is 1. The summed E-state index contributed by atoms with van der Waals surface area (Å²) in [7, 11) is 0. The van der Waals surface area contributed by atoms with Gasteiger partial charge in [0.25, 0.3) is 0 Å². The molecule has 1 amide bonds. The first-order valence-electron chi connectivity index (χ1n) is 12.6. The molecule has 8 nitrogen and oxygen atoms in total. The van der Waals surface area contributed by atoms with Gasteiger partial charge >= 0.3 is 5.97 Å². The molecule has 8 atom stereocenters. The number of amides is 1. The number of ether oxygens (including phenoxy) is 4. The van der Waals surface area contributed by atoms with E-state index >= 15 is 0 Å². The maximum atomic E-state index is 12.3. The Morgan fingerprint density at radius 3 is 2.63 bits per heavy atom. The lowest BCUT2D eigenvalue weighted by molar-refractivity contribution is -0.244. The van der Waals surface area contributed by atoms with E-state index in [0.717, 1.165) is 24.8 Å². The topological polar surface area (TPSA) is 107 Å². The van der Waals surface area contributed by atoms with Crippen LogP contribution in [0.2, 0.25) is 0 Å². The number of rotatable bonds is 8. The van der Waals surface area contributed by atoms with Crippen LogP contribution < -0.4 is 5.32 Å². The summed E-state index contributed by atoms with van der Waals surface area (Å²) in [5, 5.41) is 13.4. The Balaban J connectivity index is 1.46. The predicted octanol–water partition coefficient (Wildman–Crippen LogP) is 3.34. The van der Waals surface area contributed by atoms with Crippen LogP contribution >= 0.6 is 0 Å². The third-order valence-electron chi connectivity index (χ3n) is 6.84. The molecule has 2 N–H and O–H groups in total. The molecule has 0 aromatic rings. The number of allylic oxidation sites excluding steroid dienone is 2. The van der Waals surface area contributed by atoms with Gasteiger partial charge in [-0.15, -0.1) is 0 Å². The number of carbonyl (C=O) groups is 2. The van der Waals surface area contributed by atoms with Crippen LogP contribution in [-0.4, -0.2) is 65.4 Å². The molecule has 3 aliphatic heterocycles. The number of nitrogens with one attached hydrogen (secondary N) is 1. The van der Waals surface area contributed by atoms with Gasteiger partial charge in [0.1, 0.15) is 6.10 Å². The maximum Gasteiger partial charge on any atom is 0.303 e. The van der Waals surface area contributed by atoms with E-state index in [1.54, 1.807) is 19.9 Å². The monoisotopic (exact) mass is 491 g/mol. The van der Waals surface area contributed by atoms with E-state index in [2.05, 4.69) is 18.3 Å². The highest BCUT2D eigenvalue weighted by molar-refractivity contribution is 5.87. The molecular formula is C27H41NO7. The van der Waals surface area contributed by atoms with Gasteiger partial charge in [0.05, 0.1) is 36.6 Å². The normalized spacial score (nSPS) is 38.6. The minimum Gasteiger partial charge on any atom is -0.459 e. The lowest BCUT2D eigenvalue weighted by Gasteiger charge is -2.39. The number of hydrogen-bond donors (Lipinski definition) is 2. The van der Waals surface area contributed by atoms with E-state index in [0.29, 0.717) is 13.0 Å². The summed E-state index contributed by atoms with van der Waals surface area (Å²) in [5.41, 5.74) is 0.883. The zero-order valence-electron chi connectivity index (χ0n) is 21.8. The zero-order valence-corrected chi connectivity index (χ0v) is 21.8. The first-order valence-corrected chi connectivity index (χ1v) is 12.6. The molecule has 0 radical (unpaired) electrons. The molecule has 196 valence electrons. The van der Waals surface area contributed by atoms with Gasteiger partial charge in [0.15, 0.2) is 5.79 Å². The van der Waals surface area contributed by atoms with Crippen molar-refractivity contribution in [2.24, 2.45) is 5.92 Å². The second-order valence-electron chi connectivity index (χ2n) is 10.6. The standard InChI is InChI=1S/C27H41NO7/c1-17(7-10-22-14-27(16-32-27)15-26(6,31)35-22)8-11-24-18(2)13-23(20(4)34-24)28-25(30)12-9-19(3)33-21(5)29/h7-10,12,18-20,22-24,31H,11,13-16H2,1-6H3,(H,28,30). The average Bonchev–Trinajstić information content (AvgIpc) is 3.47. The Bertz CT molecular complexity index is 852. The molecule has 3 aliphatic rings. The van der Waals surface area contributed by atoms with Gasteiger partial charge in [-0.05, 0) is 52.5 Å². The van der Waals surface area contributed by atoms with E-state index in [4.69, 9.17) is 18.9 Å². The van der Waals surface area contributed by atoms with Crippen molar-refractivity contribution in [2.45, 2.75) is 109 Å². The Kier molecular flexibility index (Phi) is 8.96. The van der Waals surface area contributed by atoms with Gasteiger partial charge in [-0.2, -0.15) is 0 Å². The number of esters is 1. The van der Waals surface area contributed by atoms with E-state index in [9.17, 15) is 14.7 Å². The van der Waals surface area contributed by atoms with Crippen LogP contribution in [0.5, 0.6) is 0 Å². The highest BCUT2D eigenvalue weighted by Crippen LogP contribution is 2.45. The van der Waals surface area contributed by atoms with Crippen molar-refractivity contribution in [1.82, 2.24) is 5.32 Å². The first-order chi connectivity index (χ1) is 16.4. The van der Waals surface area contributed by atoms with Gasteiger partial charge in [-0.3, -0.25) is 9.59 Å². The summed E-state index contributed by atoms with van der Waals surface area (Å²) in [6.45, 7) is 11.6. The van der Waals surface area contributed by atoms with Gasteiger partial charge < -0.3 is 29.4 Å². The minimum atomic E-state index is -1.16. The van der Waals surface area contributed by atoms with Crippen molar-refractivity contribution in [3.05, 3.63) is 36.0 Å². The number of hydrogen-bond acceptors (Lipinski definition) is 7. The lowest BCUT2D eigenvalue weighted by Crippen LogP contribution is -2.50. The Morgan fingerprint density at radius 2 is 1.97 bits per heavy atom.